The molecule has 4 atom stereocenters. The van der Waals surface area contributed by atoms with Crippen LogP contribution < -0.4 is 0 Å². The molecule has 3 aromatic carbocycles. The molecule has 3 fully saturated rings. The molecule has 8 nitrogen and oxygen atoms in total. The van der Waals surface area contributed by atoms with Gasteiger partial charge in [0.15, 0.2) is 0 Å². The molecule has 35 heavy (non-hydrogen) atoms. The molecule has 2 unspecified atom stereocenters. The van der Waals surface area contributed by atoms with Crippen LogP contribution >= 0.6 is 0 Å². The van der Waals surface area contributed by atoms with Crippen LogP contribution in [0.1, 0.15) is 26.3 Å². The van der Waals surface area contributed by atoms with Crippen molar-refractivity contribution in [1.82, 2.24) is 25.2 Å². The molecule has 7 rings (SSSR count). The van der Waals surface area contributed by atoms with Crippen LogP contribution in [0.25, 0.3) is 21.8 Å². The number of nitrogens with one attached hydrogen (secondary N) is 1. The van der Waals surface area contributed by atoms with E-state index in [9.17, 15) is 9.59 Å². The lowest BCUT2D eigenvalue weighted by Gasteiger charge is -2.42. The lowest BCUT2D eigenvalue weighted by atomic mass is 9.60. The largest absolute Gasteiger partial charge is 0.338 e. The van der Waals surface area contributed by atoms with Crippen molar-refractivity contribution >= 4 is 33.6 Å². The molecule has 8 heteroatoms. The van der Waals surface area contributed by atoms with Crippen molar-refractivity contribution in [3.63, 3.8) is 0 Å². The highest BCUT2D eigenvalue weighted by Gasteiger charge is 2.59. The van der Waals surface area contributed by atoms with Gasteiger partial charge in [-0.15, -0.1) is 0 Å². The Labute approximate surface area is 201 Å². The van der Waals surface area contributed by atoms with Gasteiger partial charge in [0, 0.05) is 37.3 Å². The van der Waals surface area contributed by atoms with Crippen molar-refractivity contribution in [2.45, 2.75) is 0 Å². The van der Waals surface area contributed by atoms with Crippen molar-refractivity contribution in [2.24, 2.45) is 23.7 Å². The maximum absolute atomic E-state index is 13.3. The summed E-state index contributed by atoms with van der Waals surface area (Å²) in [6.45, 7) is 3.01. The molecule has 0 radical (unpaired) electrons. The maximum Gasteiger partial charge on any atom is 0.253 e. The van der Waals surface area contributed by atoms with Crippen LogP contribution in [-0.4, -0.2) is 63.2 Å². The molecule has 0 spiro atoms. The Bertz CT molecular complexity index is 1550. The number of aromatic amines is 1. The van der Waals surface area contributed by atoms with E-state index in [0.717, 1.165) is 42.5 Å². The van der Waals surface area contributed by atoms with E-state index in [-0.39, 0.29) is 11.8 Å². The minimum absolute atomic E-state index is 0.0472. The highest BCUT2D eigenvalue weighted by molar-refractivity contribution is 5.99. The first-order valence-corrected chi connectivity index (χ1v) is 11.9. The number of nitriles is 1. The predicted octanol–water partition coefficient (Wildman–Crippen LogP) is 3.07. The Morgan fingerprint density at radius 1 is 0.743 bits per heavy atom. The van der Waals surface area contributed by atoms with Gasteiger partial charge >= 0.3 is 0 Å². The smallest absolute Gasteiger partial charge is 0.253 e. The third-order valence-electron chi connectivity index (χ3n) is 8.28. The minimum Gasteiger partial charge on any atom is -0.338 e. The van der Waals surface area contributed by atoms with Gasteiger partial charge < -0.3 is 9.80 Å². The number of amides is 2. The molecule has 172 valence electrons. The Balaban J connectivity index is 1.04. The Kier molecular flexibility index (Phi) is 4.25. The normalized spacial score (nSPS) is 24.8. The summed E-state index contributed by atoms with van der Waals surface area (Å²) in [4.78, 5) is 30.4. The maximum atomic E-state index is 13.3. The zero-order chi connectivity index (χ0) is 23.7. The summed E-state index contributed by atoms with van der Waals surface area (Å²) in [5.41, 5.74) is 3.40. The third kappa shape index (κ3) is 3.04. The van der Waals surface area contributed by atoms with Gasteiger partial charge in [-0.3, -0.25) is 9.59 Å². The van der Waals surface area contributed by atoms with Crippen molar-refractivity contribution in [2.75, 3.05) is 26.2 Å². The summed E-state index contributed by atoms with van der Waals surface area (Å²) >= 11 is 0. The fourth-order valence-electron chi connectivity index (χ4n) is 6.49. The van der Waals surface area contributed by atoms with Gasteiger partial charge in [-0.2, -0.15) is 20.7 Å². The van der Waals surface area contributed by atoms with E-state index in [1.165, 1.54) is 0 Å². The average molecular weight is 463 g/mol. The van der Waals surface area contributed by atoms with Crippen LogP contribution in [0.3, 0.4) is 0 Å². The fraction of sp³-hybridized carbons (Fsp3) is 0.296. The first-order chi connectivity index (χ1) is 17.1. The average Bonchev–Trinajstić information content (AvgIpc) is 3.61. The lowest BCUT2D eigenvalue weighted by molar-refractivity contribution is 0.0629. The van der Waals surface area contributed by atoms with E-state index in [4.69, 9.17) is 5.26 Å². The minimum atomic E-state index is 0.0472. The van der Waals surface area contributed by atoms with Crippen LogP contribution in [0, 0.1) is 35.0 Å². The standard InChI is InChI=1S/C27H22N6O2/c28-10-15-1-2-17-8-18(4-3-16(17)7-15)26(34)32-11-20-21(12-32)23-14-33(13-22(20)23)27(35)19-5-6-24-25(9-19)30-31-29-24/h1-9,20-23H,11-14H2,(H,29,30,31)/t20?,21?,22-,23+. The molecule has 4 aromatic rings. The summed E-state index contributed by atoms with van der Waals surface area (Å²) in [5, 5.41) is 21.8. The monoisotopic (exact) mass is 462 g/mol. The van der Waals surface area contributed by atoms with Gasteiger partial charge in [-0.1, -0.05) is 12.1 Å². The second-order valence-electron chi connectivity index (χ2n) is 9.99. The molecular formula is C27H22N6O2. The first-order valence-electron chi connectivity index (χ1n) is 11.9. The van der Waals surface area contributed by atoms with Gasteiger partial charge in [0.2, 0.25) is 0 Å². The van der Waals surface area contributed by atoms with Crippen molar-refractivity contribution in [3.8, 4) is 6.07 Å². The van der Waals surface area contributed by atoms with Crippen LogP contribution in [0.2, 0.25) is 0 Å². The number of benzene rings is 3. The van der Waals surface area contributed by atoms with Crippen LogP contribution in [-0.2, 0) is 0 Å². The van der Waals surface area contributed by atoms with Gasteiger partial charge in [0.25, 0.3) is 11.8 Å². The van der Waals surface area contributed by atoms with Crippen molar-refractivity contribution < 1.29 is 9.59 Å². The molecule has 1 aromatic heterocycles. The Morgan fingerprint density at radius 2 is 1.29 bits per heavy atom. The predicted molar refractivity (Wildman–Crippen MR) is 128 cm³/mol. The van der Waals surface area contributed by atoms with Crippen LogP contribution in [0.5, 0.6) is 0 Å². The molecule has 2 aliphatic heterocycles. The number of hydrogen-bond donors (Lipinski definition) is 1. The number of aromatic nitrogens is 3. The van der Waals surface area contributed by atoms with Crippen molar-refractivity contribution in [1.29, 1.82) is 5.26 Å². The number of rotatable bonds is 2. The highest BCUT2D eigenvalue weighted by Crippen LogP contribution is 2.54. The van der Waals surface area contributed by atoms with Gasteiger partial charge in [-0.25, -0.2) is 0 Å². The zero-order valence-corrected chi connectivity index (χ0v) is 18.9. The molecular weight excluding hydrogens is 440 g/mol. The molecule has 1 saturated carbocycles. The number of fused-ring (bicyclic) bond motifs is 6. The van der Waals surface area contributed by atoms with Gasteiger partial charge in [-0.05, 0) is 76.9 Å². The summed E-state index contributed by atoms with van der Waals surface area (Å²) < 4.78 is 0. The summed E-state index contributed by atoms with van der Waals surface area (Å²) in [5.74, 6) is 1.94. The van der Waals surface area contributed by atoms with E-state index >= 15 is 0 Å². The number of nitrogens with zero attached hydrogens (tertiary/aromatic N) is 5. The number of carbonyl (C=O) groups excluding carboxylic acids is 2. The molecule has 3 aliphatic rings. The topological polar surface area (TPSA) is 106 Å². The van der Waals surface area contributed by atoms with Gasteiger partial charge in [0.1, 0.15) is 11.0 Å². The summed E-state index contributed by atoms with van der Waals surface area (Å²) in [6.07, 6.45) is 0. The summed E-state index contributed by atoms with van der Waals surface area (Å²) in [6, 6.07) is 18.8. The van der Waals surface area contributed by atoms with Crippen molar-refractivity contribution in [3.05, 3.63) is 71.3 Å². The number of carbonyl (C=O) groups is 2. The molecule has 2 amide bonds. The first kappa shape index (κ1) is 20.2. The number of likely N-dealkylation sites (tertiary alicyclic amines) is 2. The van der Waals surface area contributed by atoms with Crippen LogP contribution in [0.4, 0.5) is 0 Å². The fourth-order valence-corrected chi connectivity index (χ4v) is 6.49. The van der Waals surface area contributed by atoms with Gasteiger partial charge in [0.05, 0.1) is 11.6 Å². The molecule has 0 bridgehead atoms. The number of H-pyrrole nitrogens is 1. The molecule has 1 N–H and O–H groups in total. The molecule has 1 aliphatic carbocycles. The zero-order valence-electron chi connectivity index (χ0n) is 18.9. The highest BCUT2D eigenvalue weighted by atomic mass is 16.2. The Morgan fingerprint density at radius 3 is 1.94 bits per heavy atom. The van der Waals surface area contributed by atoms with E-state index in [0.29, 0.717) is 45.9 Å². The lowest BCUT2D eigenvalue weighted by Crippen LogP contribution is -2.44. The number of hydrogen-bond acceptors (Lipinski definition) is 5. The van der Waals surface area contributed by atoms with E-state index in [2.05, 4.69) is 21.5 Å². The quantitative estimate of drug-likeness (QED) is 0.493. The second-order valence-corrected chi connectivity index (χ2v) is 9.99. The van der Waals surface area contributed by atoms with Crippen LogP contribution in [0.15, 0.2) is 54.6 Å². The van der Waals surface area contributed by atoms with E-state index in [1.54, 1.807) is 12.1 Å². The van der Waals surface area contributed by atoms with E-state index < -0.39 is 0 Å². The second kappa shape index (κ2) is 7.37. The Hall–Kier alpha value is -4.25. The summed E-state index contributed by atoms with van der Waals surface area (Å²) in [7, 11) is 0. The molecule has 2 saturated heterocycles. The SMILES string of the molecule is N#Cc1ccc2cc(C(=O)N3CC4C(C3)[C@@H]3CN(C(=O)c5ccc6n[nH]nc6c5)C[C@H]43)ccc2c1. The van der Waals surface area contributed by atoms with E-state index in [1.807, 2.05) is 52.3 Å². The third-order valence-corrected chi connectivity index (χ3v) is 8.28. The molecule has 3 heterocycles.